The Hall–Kier alpha value is -3.67. The zero-order valence-corrected chi connectivity index (χ0v) is 29.1. The number of nitrogens with one attached hydrogen (secondary N) is 4. The normalized spacial score (nSPS) is 15.9. The van der Waals surface area contributed by atoms with Crippen LogP contribution in [0.15, 0.2) is 36.7 Å². The molecule has 250 valence electrons. The lowest BCUT2D eigenvalue weighted by molar-refractivity contribution is -0.143. The van der Waals surface area contributed by atoms with Gasteiger partial charge in [-0.05, 0) is 62.4 Å². The number of amides is 3. The number of hydrogen-bond acceptors (Lipinski definition) is 8. The van der Waals surface area contributed by atoms with Gasteiger partial charge in [-0.15, -0.1) is 12.4 Å². The van der Waals surface area contributed by atoms with Crippen molar-refractivity contribution in [1.82, 2.24) is 25.5 Å². The van der Waals surface area contributed by atoms with E-state index in [1.54, 1.807) is 31.0 Å². The van der Waals surface area contributed by atoms with Crippen LogP contribution in [-0.4, -0.2) is 71.4 Å². The summed E-state index contributed by atoms with van der Waals surface area (Å²) in [6, 6.07) is 7.33. The first-order valence-corrected chi connectivity index (χ1v) is 15.7. The highest BCUT2D eigenvalue weighted by atomic mass is 35.5. The minimum absolute atomic E-state index is 0. The maximum atomic E-state index is 13.9. The maximum Gasteiger partial charge on any atom is 0.247 e. The molecule has 2 heterocycles. The molecule has 0 radical (unpaired) electrons. The molecule has 3 aromatic rings. The zero-order valence-electron chi connectivity index (χ0n) is 27.5. The van der Waals surface area contributed by atoms with E-state index in [9.17, 15) is 14.4 Å². The molecule has 0 spiro atoms. The third kappa shape index (κ3) is 8.37. The standard InChI is InChI=1S/C33H44ClN7O4.ClH/c1-8-10-20-12-13-21(15-23(20)34)38-29-22-16-25(27(45-7)17-24(22)36-18-37-29)39-31(43)26-11-9-14-41(26)32(44)28(33(3,4)5)40-30(42)19(2)35-6;/h12-13,15-19,26,28,35H,8-11,14H2,1-7H3,(H,39,43)(H,40,42)(H,36,37,38);1H/t19-,26-,28+;/m0./s1. The molecule has 1 aromatic heterocycles. The number of benzene rings is 2. The molecule has 46 heavy (non-hydrogen) atoms. The van der Waals surface area contributed by atoms with Crippen LogP contribution in [0.25, 0.3) is 10.9 Å². The van der Waals surface area contributed by atoms with E-state index in [1.165, 1.54) is 13.4 Å². The van der Waals surface area contributed by atoms with Crippen molar-refractivity contribution in [3.63, 3.8) is 0 Å². The second-order valence-electron chi connectivity index (χ2n) is 12.5. The smallest absolute Gasteiger partial charge is 0.247 e. The summed E-state index contributed by atoms with van der Waals surface area (Å²) in [6.45, 7) is 9.94. The fourth-order valence-corrected chi connectivity index (χ4v) is 5.69. The van der Waals surface area contributed by atoms with Crippen LogP contribution in [0.1, 0.15) is 59.4 Å². The maximum absolute atomic E-state index is 13.9. The lowest BCUT2D eigenvalue weighted by Gasteiger charge is -2.36. The Balaban J connectivity index is 0.00000576. The van der Waals surface area contributed by atoms with Gasteiger partial charge in [0.15, 0.2) is 0 Å². The summed E-state index contributed by atoms with van der Waals surface area (Å²) < 4.78 is 5.61. The predicted molar refractivity (Wildman–Crippen MR) is 185 cm³/mol. The monoisotopic (exact) mass is 673 g/mol. The number of likely N-dealkylation sites (N-methyl/N-ethyl adjacent to an activating group) is 1. The lowest BCUT2D eigenvalue weighted by atomic mass is 9.85. The highest BCUT2D eigenvalue weighted by molar-refractivity contribution is 6.31. The average Bonchev–Trinajstić information content (AvgIpc) is 3.50. The quantitative estimate of drug-likeness (QED) is 0.210. The molecule has 0 unspecified atom stereocenters. The van der Waals surface area contributed by atoms with Gasteiger partial charge >= 0.3 is 0 Å². The number of ether oxygens (including phenoxy) is 1. The summed E-state index contributed by atoms with van der Waals surface area (Å²) in [5.74, 6) is 0.0492. The van der Waals surface area contributed by atoms with Crippen molar-refractivity contribution in [2.45, 2.75) is 78.4 Å². The molecule has 1 fully saturated rings. The summed E-state index contributed by atoms with van der Waals surface area (Å²) in [6.07, 6.45) is 4.51. The number of methoxy groups -OCH3 is 1. The van der Waals surface area contributed by atoms with Gasteiger partial charge in [0.05, 0.1) is 24.4 Å². The second-order valence-corrected chi connectivity index (χ2v) is 12.9. The van der Waals surface area contributed by atoms with Crippen molar-refractivity contribution >= 4 is 69.8 Å². The number of aromatic nitrogens is 2. The minimum Gasteiger partial charge on any atom is -0.494 e. The Morgan fingerprint density at radius 2 is 1.89 bits per heavy atom. The number of rotatable bonds is 11. The lowest BCUT2D eigenvalue weighted by Crippen LogP contribution is -2.59. The molecule has 0 saturated carbocycles. The van der Waals surface area contributed by atoms with Gasteiger partial charge in [0.25, 0.3) is 0 Å². The Labute approximate surface area is 282 Å². The molecule has 2 aromatic carbocycles. The molecule has 1 aliphatic heterocycles. The number of nitrogens with zero attached hydrogens (tertiary/aromatic N) is 3. The van der Waals surface area contributed by atoms with Crippen molar-refractivity contribution in [3.05, 3.63) is 47.2 Å². The molecular formula is C33H45Cl2N7O4. The van der Waals surface area contributed by atoms with Gasteiger partial charge in [0, 0.05) is 28.7 Å². The van der Waals surface area contributed by atoms with E-state index < -0.39 is 23.5 Å². The molecule has 1 saturated heterocycles. The Kier molecular flexibility index (Phi) is 12.6. The van der Waals surface area contributed by atoms with Crippen molar-refractivity contribution in [1.29, 1.82) is 0 Å². The van der Waals surface area contributed by atoms with E-state index in [0.717, 1.165) is 24.1 Å². The summed E-state index contributed by atoms with van der Waals surface area (Å²) in [5, 5.41) is 13.5. The first-order valence-electron chi connectivity index (χ1n) is 15.3. The van der Waals surface area contributed by atoms with Crippen molar-refractivity contribution in [2.75, 3.05) is 31.3 Å². The van der Waals surface area contributed by atoms with Crippen molar-refractivity contribution < 1.29 is 19.1 Å². The highest BCUT2D eigenvalue weighted by Crippen LogP contribution is 2.35. The molecular weight excluding hydrogens is 629 g/mol. The summed E-state index contributed by atoms with van der Waals surface area (Å²) in [4.78, 5) is 50.8. The van der Waals surface area contributed by atoms with Crippen LogP contribution in [0.3, 0.4) is 0 Å². The van der Waals surface area contributed by atoms with Crippen LogP contribution in [0.2, 0.25) is 5.02 Å². The van der Waals surface area contributed by atoms with Crippen LogP contribution >= 0.6 is 24.0 Å². The number of halogens is 2. The first-order chi connectivity index (χ1) is 21.4. The number of anilines is 3. The van der Waals surface area contributed by atoms with Gasteiger partial charge in [-0.1, -0.05) is 51.8 Å². The summed E-state index contributed by atoms with van der Waals surface area (Å²) >= 11 is 6.51. The molecule has 0 aliphatic carbocycles. The van der Waals surface area contributed by atoms with Gasteiger partial charge in [-0.2, -0.15) is 0 Å². The number of hydrogen-bond donors (Lipinski definition) is 4. The predicted octanol–water partition coefficient (Wildman–Crippen LogP) is 5.48. The molecule has 11 nitrogen and oxygen atoms in total. The van der Waals surface area contributed by atoms with Gasteiger partial charge in [-0.3, -0.25) is 14.4 Å². The molecule has 13 heteroatoms. The number of carbonyl (C=O) groups is 3. The van der Waals surface area contributed by atoms with Gasteiger partial charge in [-0.25, -0.2) is 9.97 Å². The van der Waals surface area contributed by atoms with Crippen LogP contribution in [0, 0.1) is 5.41 Å². The third-order valence-corrected chi connectivity index (χ3v) is 8.47. The van der Waals surface area contributed by atoms with Crippen LogP contribution in [0.4, 0.5) is 17.2 Å². The van der Waals surface area contributed by atoms with Crippen molar-refractivity contribution in [3.8, 4) is 5.75 Å². The number of fused-ring (bicyclic) bond motifs is 1. The minimum atomic E-state index is -0.806. The van der Waals surface area contributed by atoms with Crippen molar-refractivity contribution in [2.24, 2.45) is 5.41 Å². The highest BCUT2D eigenvalue weighted by Gasteiger charge is 2.42. The largest absolute Gasteiger partial charge is 0.494 e. The molecule has 0 bridgehead atoms. The van der Waals surface area contributed by atoms with Gasteiger partial charge < -0.3 is 30.9 Å². The molecule has 3 atom stereocenters. The topological polar surface area (TPSA) is 138 Å². The fraction of sp³-hybridized carbons (Fsp3) is 0.485. The van der Waals surface area contributed by atoms with Crippen LogP contribution < -0.4 is 26.0 Å². The van der Waals surface area contributed by atoms with Gasteiger partial charge in [0.2, 0.25) is 17.7 Å². The number of carbonyl (C=O) groups excluding carboxylic acids is 3. The van der Waals surface area contributed by atoms with E-state index in [1.807, 2.05) is 39.0 Å². The Morgan fingerprint density at radius 1 is 1.15 bits per heavy atom. The number of aryl methyl sites for hydroxylation is 1. The molecule has 3 amide bonds. The number of likely N-dealkylation sites (tertiary alicyclic amines) is 1. The van der Waals surface area contributed by atoms with Crippen LogP contribution in [-0.2, 0) is 20.8 Å². The SMILES string of the molecule is CCCc1ccc(Nc2ncnc3cc(OC)c(NC(=O)[C@@H]4CCCN4C(=O)[C@@H](NC(=O)[C@H](C)NC)C(C)(C)C)cc23)cc1Cl.Cl. The first kappa shape index (κ1) is 36.8. The molecule has 4 rings (SSSR count). The van der Waals surface area contributed by atoms with E-state index >= 15 is 0 Å². The van der Waals surface area contributed by atoms with E-state index in [2.05, 4.69) is 38.2 Å². The zero-order chi connectivity index (χ0) is 32.9. The summed E-state index contributed by atoms with van der Waals surface area (Å²) in [5.41, 5.74) is 2.32. The third-order valence-electron chi connectivity index (χ3n) is 8.11. The fourth-order valence-electron chi connectivity index (χ4n) is 5.42. The Morgan fingerprint density at radius 3 is 2.52 bits per heavy atom. The van der Waals surface area contributed by atoms with E-state index in [-0.39, 0.29) is 30.1 Å². The molecule has 1 aliphatic rings. The van der Waals surface area contributed by atoms with Crippen LogP contribution in [0.5, 0.6) is 5.75 Å². The Bertz CT molecular complexity index is 1560. The second kappa shape index (κ2) is 15.8. The summed E-state index contributed by atoms with van der Waals surface area (Å²) in [7, 11) is 3.21. The van der Waals surface area contributed by atoms with Gasteiger partial charge in [0.1, 0.15) is 30.0 Å². The van der Waals surface area contributed by atoms with E-state index in [0.29, 0.717) is 52.6 Å². The average molecular weight is 675 g/mol. The molecule has 4 N–H and O–H groups in total. The van der Waals surface area contributed by atoms with E-state index in [4.69, 9.17) is 16.3 Å².